The van der Waals surface area contributed by atoms with Crippen LogP contribution in [0.1, 0.15) is 10.4 Å². The molecule has 0 saturated carbocycles. The summed E-state index contributed by atoms with van der Waals surface area (Å²) in [5.41, 5.74) is 6.66. The van der Waals surface area contributed by atoms with E-state index in [-0.39, 0.29) is 0 Å². The minimum Gasteiger partial charge on any atom is -0.379 e. The normalized spacial score (nSPS) is 10.7. The van der Waals surface area contributed by atoms with E-state index in [4.69, 9.17) is 10.5 Å². The number of aryl methyl sites for hydroxylation is 1. The molecule has 4 heteroatoms. The summed E-state index contributed by atoms with van der Waals surface area (Å²) >= 11 is 1.79. The first-order chi connectivity index (χ1) is 6.84. The van der Waals surface area contributed by atoms with Gasteiger partial charge in [0.15, 0.2) is 0 Å². The van der Waals surface area contributed by atoms with Crippen LogP contribution in [0.3, 0.4) is 0 Å². The maximum atomic E-state index is 5.30. The Bertz CT molecular complexity index is 250. The van der Waals surface area contributed by atoms with E-state index in [0.29, 0.717) is 13.2 Å². The SMILES string of the molecule is Cc1ccsc1CNCCOCCN. The minimum absolute atomic E-state index is 0.601. The van der Waals surface area contributed by atoms with Crippen molar-refractivity contribution in [1.82, 2.24) is 5.32 Å². The van der Waals surface area contributed by atoms with Gasteiger partial charge in [0, 0.05) is 24.5 Å². The monoisotopic (exact) mass is 214 g/mol. The zero-order valence-electron chi connectivity index (χ0n) is 8.58. The molecule has 1 aromatic heterocycles. The van der Waals surface area contributed by atoms with Crippen molar-refractivity contribution < 1.29 is 4.74 Å². The largest absolute Gasteiger partial charge is 0.379 e. The van der Waals surface area contributed by atoms with Gasteiger partial charge >= 0.3 is 0 Å². The van der Waals surface area contributed by atoms with Crippen LogP contribution in [0.5, 0.6) is 0 Å². The highest BCUT2D eigenvalue weighted by Crippen LogP contribution is 2.14. The number of hydrogen-bond donors (Lipinski definition) is 2. The Balaban J connectivity index is 2.02. The lowest BCUT2D eigenvalue weighted by atomic mass is 10.3. The van der Waals surface area contributed by atoms with Crippen LogP contribution in [0, 0.1) is 6.92 Å². The maximum Gasteiger partial charge on any atom is 0.0591 e. The van der Waals surface area contributed by atoms with Crippen LogP contribution < -0.4 is 11.1 Å². The summed E-state index contributed by atoms with van der Waals surface area (Å²) in [5, 5.41) is 5.45. The van der Waals surface area contributed by atoms with Crippen molar-refractivity contribution in [1.29, 1.82) is 0 Å². The Labute approximate surface area is 89.3 Å². The van der Waals surface area contributed by atoms with Crippen LogP contribution in [0.2, 0.25) is 0 Å². The number of nitrogens with one attached hydrogen (secondary N) is 1. The maximum absolute atomic E-state index is 5.30. The van der Waals surface area contributed by atoms with Crippen molar-refractivity contribution in [3.8, 4) is 0 Å². The molecular weight excluding hydrogens is 196 g/mol. The van der Waals surface area contributed by atoms with Gasteiger partial charge in [-0.3, -0.25) is 0 Å². The molecule has 0 aliphatic rings. The van der Waals surface area contributed by atoms with E-state index in [2.05, 4.69) is 23.7 Å². The van der Waals surface area contributed by atoms with Crippen LogP contribution >= 0.6 is 11.3 Å². The van der Waals surface area contributed by atoms with E-state index >= 15 is 0 Å². The number of nitrogens with two attached hydrogens (primary N) is 1. The summed E-state index contributed by atoms with van der Waals surface area (Å²) in [7, 11) is 0. The van der Waals surface area contributed by atoms with Gasteiger partial charge in [-0.1, -0.05) is 0 Å². The van der Waals surface area contributed by atoms with Crippen molar-refractivity contribution >= 4 is 11.3 Å². The fourth-order valence-corrected chi connectivity index (χ4v) is 1.99. The Morgan fingerprint density at radius 1 is 1.50 bits per heavy atom. The van der Waals surface area contributed by atoms with Crippen LogP contribution in [0.15, 0.2) is 11.4 Å². The molecule has 0 radical (unpaired) electrons. The van der Waals surface area contributed by atoms with Gasteiger partial charge in [-0.05, 0) is 23.9 Å². The molecule has 1 heterocycles. The predicted molar refractivity (Wildman–Crippen MR) is 60.6 cm³/mol. The quantitative estimate of drug-likeness (QED) is 0.669. The number of hydrogen-bond acceptors (Lipinski definition) is 4. The molecule has 1 aromatic rings. The minimum atomic E-state index is 0.601. The fraction of sp³-hybridized carbons (Fsp3) is 0.600. The topological polar surface area (TPSA) is 47.3 Å². The van der Waals surface area contributed by atoms with Crippen LogP contribution in [-0.4, -0.2) is 26.3 Å². The van der Waals surface area contributed by atoms with Crippen molar-refractivity contribution in [2.75, 3.05) is 26.3 Å². The zero-order chi connectivity index (χ0) is 10.2. The summed E-state index contributed by atoms with van der Waals surface area (Å²) in [6.07, 6.45) is 0. The second kappa shape index (κ2) is 6.95. The third kappa shape index (κ3) is 4.19. The highest BCUT2D eigenvalue weighted by Gasteiger charge is 1.97. The first-order valence-corrected chi connectivity index (χ1v) is 5.74. The third-order valence-corrected chi connectivity index (χ3v) is 2.96. The van der Waals surface area contributed by atoms with Gasteiger partial charge in [-0.25, -0.2) is 0 Å². The molecule has 3 nitrogen and oxygen atoms in total. The lowest BCUT2D eigenvalue weighted by Gasteiger charge is -2.04. The molecule has 14 heavy (non-hydrogen) atoms. The number of thiophene rings is 1. The standard InChI is InChI=1S/C10H18N2OS/c1-9-2-7-14-10(9)8-12-4-6-13-5-3-11/h2,7,12H,3-6,8,11H2,1H3. The Hall–Kier alpha value is -0.420. The molecule has 0 unspecified atom stereocenters. The lowest BCUT2D eigenvalue weighted by molar-refractivity contribution is 0.143. The molecule has 0 bridgehead atoms. The Kier molecular flexibility index (Phi) is 5.78. The summed E-state index contributed by atoms with van der Waals surface area (Å²) in [4.78, 5) is 1.41. The summed E-state index contributed by atoms with van der Waals surface area (Å²) < 4.78 is 5.25. The predicted octanol–water partition coefficient (Wildman–Crippen LogP) is 1.12. The molecule has 3 N–H and O–H groups in total. The first-order valence-electron chi connectivity index (χ1n) is 4.86. The van der Waals surface area contributed by atoms with Gasteiger partial charge in [0.05, 0.1) is 13.2 Å². The molecule has 0 aromatic carbocycles. The summed E-state index contributed by atoms with van der Waals surface area (Å²) in [6, 6.07) is 2.15. The second-order valence-corrected chi connectivity index (χ2v) is 4.11. The molecular formula is C10H18N2OS. The number of ether oxygens (including phenoxy) is 1. The van der Waals surface area contributed by atoms with Crippen molar-refractivity contribution in [2.24, 2.45) is 5.73 Å². The van der Waals surface area contributed by atoms with E-state index in [9.17, 15) is 0 Å². The van der Waals surface area contributed by atoms with Crippen molar-refractivity contribution in [2.45, 2.75) is 13.5 Å². The molecule has 0 amide bonds. The van der Waals surface area contributed by atoms with E-state index in [1.54, 1.807) is 11.3 Å². The number of rotatable bonds is 7. The van der Waals surface area contributed by atoms with Gasteiger partial charge in [-0.15, -0.1) is 11.3 Å². The van der Waals surface area contributed by atoms with Gasteiger partial charge in [-0.2, -0.15) is 0 Å². The molecule has 0 fully saturated rings. The third-order valence-electron chi connectivity index (χ3n) is 1.94. The average molecular weight is 214 g/mol. The zero-order valence-corrected chi connectivity index (χ0v) is 9.40. The highest BCUT2D eigenvalue weighted by molar-refractivity contribution is 7.10. The van der Waals surface area contributed by atoms with Gasteiger partial charge in [0.1, 0.15) is 0 Å². The van der Waals surface area contributed by atoms with E-state index in [0.717, 1.165) is 19.7 Å². The molecule has 80 valence electrons. The highest BCUT2D eigenvalue weighted by atomic mass is 32.1. The smallest absolute Gasteiger partial charge is 0.0591 e. The Morgan fingerprint density at radius 2 is 2.36 bits per heavy atom. The van der Waals surface area contributed by atoms with E-state index in [1.807, 2.05) is 0 Å². The molecule has 0 saturated heterocycles. The van der Waals surface area contributed by atoms with E-state index in [1.165, 1.54) is 10.4 Å². The lowest BCUT2D eigenvalue weighted by Crippen LogP contribution is -2.20. The van der Waals surface area contributed by atoms with Crippen molar-refractivity contribution in [3.05, 3.63) is 21.9 Å². The Morgan fingerprint density at radius 3 is 3.00 bits per heavy atom. The van der Waals surface area contributed by atoms with Crippen LogP contribution in [-0.2, 0) is 11.3 Å². The van der Waals surface area contributed by atoms with Crippen LogP contribution in [0.25, 0.3) is 0 Å². The molecule has 1 rings (SSSR count). The molecule has 0 atom stereocenters. The first kappa shape index (κ1) is 11.7. The summed E-state index contributed by atoms with van der Waals surface area (Å²) in [5.74, 6) is 0. The van der Waals surface area contributed by atoms with Gasteiger partial charge in [0.25, 0.3) is 0 Å². The van der Waals surface area contributed by atoms with Crippen LogP contribution in [0.4, 0.5) is 0 Å². The summed E-state index contributed by atoms with van der Waals surface area (Å²) in [6.45, 7) is 5.95. The molecule has 0 aliphatic carbocycles. The van der Waals surface area contributed by atoms with E-state index < -0.39 is 0 Å². The molecule has 0 aliphatic heterocycles. The van der Waals surface area contributed by atoms with Gasteiger partial charge in [0.2, 0.25) is 0 Å². The average Bonchev–Trinajstić information content (AvgIpc) is 2.58. The fourth-order valence-electron chi connectivity index (χ4n) is 1.12. The van der Waals surface area contributed by atoms with Crippen molar-refractivity contribution in [3.63, 3.8) is 0 Å². The second-order valence-electron chi connectivity index (χ2n) is 3.10. The van der Waals surface area contributed by atoms with Gasteiger partial charge < -0.3 is 15.8 Å². The molecule has 0 spiro atoms.